The van der Waals surface area contributed by atoms with E-state index in [2.05, 4.69) is 18.4 Å². The van der Waals surface area contributed by atoms with Crippen LogP contribution in [-0.2, 0) is 26.0 Å². The third-order valence-corrected chi connectivity index (χ3v) is 9.08. The number of amides is 1. The normalized spacial score (nSPS) is 16.3. The molecule has 176 valence electrons. The van der Waals surface area contributed by atoms with Crippen LogP contribution in [0.5, 0.6) is 5.75 Å². The van der Waals surface area contributed by atoms with Gasteiger partial charge in [0.25, 0.3) is 0 Å². The number of aryl methyl sites for hydroxylation is 2. The number of ether oxygens (including phenoxy) is 2. The van der Waals surface area contributed by atoms with Crippen molar-refractivity contribution in [1.29, 1.82) is 0 Å². The highest BCUT2D eigenvalue weighted by atomic mass is 32.2. The summed E-state index contributed by atoms with van der Waals surface area (Å²) >= 11 is 1.75. The highest BCUT2D eigenvalue weighted by Gasteiger charge is 2.30. The van der Waals surface area contributed by atoms with Crippen molar-refractivity contribution in [2.24, 2.45) is 0 Å². The van der Waals surface area contributed by atoms with E-state index in [0.29, 0.717) is 23.4 Å². The molecule has 0 aliphatic carbocycles. The summed E-state index contributed by atoms with van der Waals surface area (Å²) in [5, 5.41) is 2.08. The molecule has 0 bridgehead atoms. The van der Waals surface area contributed by atoms with Crippen LogP contribution in [0.1, 0.15) is 41.0 Å². The number of benzene rings is 1. The SMILES string of the molecule is CCC1c2ccsc2CCN1C(=O)COCCN(C)S(=O)(=O)c1c(C)cc(OC)cc1C. The van der Waals surface area contributed by atoms with E-state index in [1.807, 2.05) is 4.90 Å². The molecule has 0 saturated carbocycles. The molecule has 1 amide bonds. The van der Waals surface area contributed by atoms with Crippen LogP contribution in [0.4, 0.5) is 0 Å². The Morgan fingerprint density at radius 3 is 2.59 bits per heavy atom. The molecule has 9 heteroatoms. The molecule has 0 fully saturated rings. The minimum absolute atomic E-state index is 0.0511. The average molecular weight is 481 g/mol. The lowest BCUT2D eigenvalue weighted by Crippen LogP contribution is -2.41. The number of methoxy groups -OCH3 is 1. The first kappa shape index (κ1) is 24.7. The summed E-state index contributed by atoms with van der Waals surface area (Å²) in [4.78, 5) is 16.3. The van der Waals surface area contributed by atoms with Crippen molar-refractivity contribution in [2.45, 2.75) is 44.6 Å². The number of hydrogen-bond acceptors (Lipinski definition) is 6. The Kier molecular flexibility index (Phi) is 7.97. The van der Waals surface area contributed by atoms with Gasteiger partial charge in [0.2, 0.25) is 15.9 Å². The van der Waals surface area contributed by atoms with Crippen LogP contribution in [0.3, 0.4) is 0 Å². The molecule has 3 rings (SSSR count). The number of sulfonamides is 1. The van der Waals surface area contributed by atoms with Gasteiger partial charge in [0.05, 0.1) is 24.7 Å². The minimum Gasteiger partial charge on any atom is -0.497 e. The highest BCUT2D eigenvalue weighted by molar-refractivity contribution is 7.89. The van der Waals surface area contributed by atoms with Crippen LogP contribution in [0.25, 0.3) is 0 Å². The molecule has 1 aromatic carbocycles. The van der Waals surface area contributed by atoms with Crippen LogP contribution < -0.4 is 4.74 Å². The zero-order valence-electron chi connectivity index (χ0n) is 19.4. The third-order valence-electron chi connectivity index (χ3n) is 5.92. The number of thiophene rings is 1. The third kappa shape index (κ3) is 5.01. The van der Waals surface area contributed by atoms with Crippen molar-refractivity contribution in [3.05, 3.63) is 45.1 Å². The highest BCUT2D eigenvalue weighted by Crippen LogP contribution is 2.35. The van der Waals surface area contributed by atoms with Gasteiger partial charge in [0, 0.05) is 25.0 Å². The molecule has 0 radical (unpaired) electrons. The number of fused-ring (bicyclic) bond motifs is 1. The molecule has 32 heavy (non-hydrogen) atoms. The summed E-state index contributed by atoms with van der Waals surface area (Å²) < 4.78 is 38.2. The first-order valence-electron chi connectivity index (χ1n) is 10.8. The number of carbonyl (C=O) groups is 1. The Morgan fingerprint density at radius 1 is 1.28 bits per heavy atom. The van der Waals surface area contributed by atoms with E-state index in [0.717, 1.165) is 12.8 Å². The summed E-state index contributed by atoms with van der Waals surface area (Å²) in [6.07, 6.45) is 1.73. The van der Waals surface area contributed by atoms with E-state index in [1.54, 1.807) is 44.4 Å². The van der Waals surface area contributed by atoms with Crippen molar-refractivity contribution >= 4 is 27.3 Å². The van der Waals surface area contributed by atoms with E-state index < -0.39 is 10.0 Å². The second-order valence-corrected chi connectivity index (χ2v) is 11.0. The quantitative estimate of drug-likeness (QED) is 0.513. The predicted molar refractivity (Wildman–Crippen MR) is 126 cm³/mol. The summed E-state index contributed by atoms with van der Waals surface area (Å²) in [5.74, 6) is 0.571. The second-order valence-electron chi connectivity index (χ2n) is 8.03. The summed E-state index contributed by atoms with van der Waals surface area (Å²) in [6.45, 7) is 6.54. The number of carbonyl (C=O) groups excluding carboxylic acids is 1. The van der Waals surface area contributed by atoms with Crippen LogP contribution in [0, 0.1) is 13.8 Å². The van der Waals surface area contributed by atoms with Crippen molar-refractivity contribution < 1.29 is 22.7 Å². The first-order valence-corrected chi connectivity index (χ1v) is 13.1. The van der Waals surface area contributed by atoms with Crippen LogP contribution >= 0.6 is 11.3 Å². The Labute approximate surface area is 195 Å². The maximum Gasteiger partial charge on any atom is 0.249 e. The predicted octanol–water partition coefficient (Wildman–Crippen LogP) is 3.55. The number of rotatable bonds is 9. The fourth-order valence-electron chi connectivity index (χ4n) is 4.28. The molecule has 0 saturated heterocycles. The molecule has 0 spiro atoms. The van der Waals surface area contributed by atoms with Gasteiger partial charge in [-0.1, -0.05) is 6.92 Å². The van der Waals surface area contributed by atoms with Crippen LogP contribution in [-0.4, -0.2) is 64.0 Å². The maximum absolute atomic E-state index is 13.1. The van der Waals surface area contributed by atoms with Gasteiger partial charge in [0.1, 0.15) is 12.4 Å². The van der Waals surface area contributed by atoms with Gasteiger partial charge in [-0.25, -0.2) is 8.42 Å². The lowest BCUT2D eigenvalue weighted by atomic mass is 9.98. The van der Waals surface area contributed by atoms with Gasteiger partial charge in [-0.05, 0) is 67.0 Å². The van der Waals surface area contributed by atoms with E-state index in [-0.39, 0.29) is 36.6 Å². The zero-order chi connectivity index (χ0) is 23.5. The number of hydrogen-bond donors (Lipinski definition) is 0. The van der Waals surface area contributed by atoms with Gasteiger partial charge in [-0.2, -0.15) is 4.31 Å². The molecule has 2 heterocycles. The average Bonchev–Trinajstić information content (AvgIpc) is 3.23. The first-order chi connectivity index (χ1) is 15.2. The number of nitrogens with zero attached hydrogens (tertiary/aromatic N) is 2. The van der Waals surface area contributed by atoms with E-state index in [9.17, 15) is 13.2 Å². The lowest BCUT2D eigenvalue weighted by molar-refractivity contribution is -0.139. The van der Waals surface area contributed by atoms with Gasteiger partial charge in [0.15, 0.2) is 0 Å². The fraction of sp³-hybridized carbons (Fsp3) is 0.522. The molecule has 1 aliphatic rings. The maximum atomic E-state index is 13.1. The van der Waals surface area contributed by atoms with E-state index >= 15 is 0 Å². The van der Waals surface area contributed by atoms with Gasteiger partial charge in [-0.15, -0.1) is 11.3 Å². The van der Waals surface area contributed by atoms with Crippen molar-refractivity contribution in [1.82, 2.24) is 9.21 Å². The molecule has 1 unspecified atom stereocenters. The minimum atomic E-state index is -3.68. The van der Waals surface area contributed by atoms with Crippen molar-refractivity contribution in [3.8, 4) is 5.75 Å². The monoisotopic (exact) mass is 480 g/mol. The van der Waals surface area contributed by atoms with Crippen molar-refractivity contribution in [2.75, 3.05) is 40.5 Å². The Hall–Kier alpha value is -1.94. The lowest BCUT2D eigenvalue weighted by Gasteiger charge is -2.35. The summed E-state index contributed by atoms with van der Waals surface area (Å²) in [7, 11) is -0.601. The molecular weight excluding hydrogens is 448 g/mol. The summed E-state index contributed by atoms with van der Waals surface area (Å²) in [6, 6.07) is 5.62. The fourth-order valence-corrected chi connectivity index (χ4v) is 6.77. The van der Waals surface area contributed by atoms with Crippen LogP contribution in [0.2, 0.25) is 0 Å². The number of likely N-dealkylation sites (N-methyl/N-ethyl adjacent to an activating group) is 1. The molecule has 1 atom stereocenters. The van der Waals surface area contributed by atoms with Gasteiger partial charge < -0.3 is 14.4 Å². The van der Waals surface area contributed by atoms with Crippen molar-refractivity contribution in [3.63, 3.8) is 0 Å². The smallest absolute Gasteiger partial charge is 0.249 e. The zero-order valence-corrected chi connectivity index (χ0v) is 21.0. The molecule has 7 nitrogen and oxygen atoms in total. The second kappa shape index (κ2) is 10.3. The van der Waals surface area contributed by atoms with Crippen LogP contribution in [0.15, 0.2) is 28.5 Å². The Balaban J connectivity index is 1.56. The van der Waals surface area contributed by atoms with E-state index in [1.165, 1.54) is 21.8 Å². The standard InChI is InChI=1S/C23H32N2O5S2/c1-6-20-19-8-12-31-21(19)7-9-25(20)22(26)15-30-11-10-24(4)32(27,28)23-16(2)13-18(29-5)14-17(23)3/h8,12-14,20H,6-7,9-11,15H2,1-5H3. The molecule has 2 aromatic rings. The Bertz CT molecular complexity index is 1040. The molecular formula is C23H32N2O5S2. The molecule has 1 aliphatic heterocycles. The van der Waals surface area contributed by atoms with Gasteiger partial charge in [-0.3, -0.25) is 4.79 Å². The molecule has 0 N–H and O–H groups in total. The van der Waals surface area contributed by atoms with E-state index in [4.69, 9.17) is 9.47 Å². The summed E-state index contributed by atoms with van der Waals surface area (Å²) in [5.41, 5.74) is 2.51. The largest absolute Gasteiger partial charge is 0.497 e. The van der Waals surface area contributed by atoms with Gasteiger partial charge >= 0.3 is 0 Å². The molecule has 1 aromatic heterocycles. The Morgan fingerprint density at radius 2 is 1.97 bits per heavy atom. The topological polar surface area (TPSA) is 76.2 Å².